The summed E-state index contributed by atoms with van der Waals surface area (Å²) in [6.07, 6.45) is 9.97. The zero-order chi connectivity index (χ0) is 20.4. The molecule has 0 unspecified atom stereocenters. The topological polar surface area (TPSA) is 18.5 Å². The molecule has 28 heavy (non-hydrogen) atoms. The molecule has 0 amide bonds. The van der Waals surface area contributed by atoms with E-state index in [2.05, 4.69) is 56.7 Å². The van der Waals surface area contributed by atoms with E-state index in [9.17, 15) is 0 Å². The summed E-state index contributed by atoms with van der Waals surface area (Å²) in [6.45, 7) is 23.3. The first-order valence-electron chi connectivity index (χ1n) is 12.4. The van der Waals surface area contributed by atoms with Gasteiger partial charge in [0.1, 0.15) is 0 Å². The third kappa shape index (κ3) is 5.73. The first kappa shape index (κ1) is 22.6. The third-order valence-corrected chi connectivity index (χ3v) is 8.23. The van der Waals surface area contributed by atoms with E-state index in [0.29, 0.717) is 22.3 Å². The van der Waals surface area contributed by atoms with Crippen molar-refractivity contribution in [2.24, 2.45) is 22.2 Å². The Bertz CT molecular complexity index is 480. The van der Waals surface area contributed by atoms with Crippen LogP contribution >= 0.6 is 0 Å². The van der Waals surface area contributed by atoms with Crippen LogP contribution in [0.1, 0.15) is 86.5 Å². The highest BCUT2D eigenvalue weighted by Crippen LogP contribution is 2.58. The summed E-state index contributed by atoms with van der Waals surface area (Å²) >= 11 is 0. The van der Waals surface area contributed by atoms with E-state index in [0.717, 1.165) is 5.92 Å². The highest BCUT2D eigenvalue weighted by atomic mass is 15.3. The van der Waals surface area contributed by atoms with Gasteiger partial charge in [0, 0.05) is 45.3 Å². The van der Waals surface area contributed by atoms with E-state index in [1.807, 2.05) is 0 Å². The lowest BCUT2D eigenvalue weighted by molar-refractivity contribution is -0.0642. The smallest absolute Gasteiger partial charge is 0.0113 e. The van der Waals surface area contributed by atoms with Crippen molar-refractivity contribution in [3.63, 3.8) is 0 Å². The van der Waals surface area contributed by atoms with Crippen LogP contribution in [0.5, 0.6) is 0 Å². The largest absolute Gasteiger partial charge is 0.316 e. The Kier molecular flexibility index (Phi) is 7.20. The second-order valence-corrected chi connectivity index (χ2v) is 11.9. The van der Waals surface area contributed by atoms with Crippen molar-refractivity contribution in [2.75, 3.05) is 45.8 Å². The van der Waals surface area contributed by atoms with Crippen LogP contribution < -0.4 is 5.32 Å². The van der Waals surface area contributed by atoms with Crippen molar-refractivity contribution < 1.29 is 0 Å². The molecule has 0 radical (unpaired) electrons. The fourth-order valence-electron chi connectivity index (χ4n) is 6.65. The Hall–Kier alpha value is -0.120. The van der Waals surface area contributed by atoms with Gasteiger partial charge >= 0.3 is 0 Å². The molecule has 164 valence electrons. The van der Waals surface area contributed by atoms with Crippen molar-refractivity contribution in [1.29, 1.82) is 0 Å². The van der Waals surface area contributed by atoms with Crippen LogP contribution in [0.25, 0.3) is 0 Å². The standard InChI is InChI=1S/C25H49N3/c1-7-24(10-11-26-19-25(8-9-25)16-21(2)3)17-23(6,18-24)20-27-12-14-28(15-13-27)22(4)5/h21-22,26H,7-20H2,1-6H3. The van der Waals surface area contributed by atoms with E-state index < -0.39 is 0 Å². The molecular weight excluding hydrogens is 342 g/mol. The van der Waals surface area contributed by atoms with Gasteiger partial charge in [-0.3, -0.25) is 4.90 Å². The summed E-state index contributed by atoms with van der Waals surface area (Å²) in [5, 5.41) is 3.86. The quantitative estimate of drug-likeness (QED) is 0.499. The Morgan fingerprint density at radius 2 is 1.57 bits per heavy atom. The van der Waals surface area contributed by atoms with Crippen LogP contribution in [-0.4, -0.2) is 61.7 Å². The third-order valence-electron chi connectivity index (χ3n) is 8.23. The van der Waals surface area contributed by atoms with Gasteiger partial charge in [-0.1, -0.05) is 34.1 Å². The summed E-state index contributed by atoms with van der Waals surface area (Å²) in [4.78, 5) is 5.38. The molecule has 3 aliphatic rings. The predicted octanol–water partition coefficient (Wildman–Crippen LogP) is 5.01. The van der Waals surface area contributed by atoms with Gasteiger partial charge in [0.25, 0.3) is 0 Å². The van der Waals surface area contributed by atoms with Gasteiger partial charge < -0.3 is 10.2 Å². The van der Waals surface area contributed by atoms with Gasteiger partial charge in [-0.25, -0.2) is 0 Å². The van der Waals surface area contributed by atoms with E-state index >= 15 is 0 Å². The number of nitrogens with one attached hydrogen (secondary N) is 1. The van der Waals surface area contributed by atoms with Crippen molar-refractivity contribution >= 4 is 0 Å². The molecule has 0 bridgehead atoms. The lowest BCUT2D eigenvalue weighted by Gasteiger charge is -2.57. The maximum atomic E-state index is 3.86. The Balaban J connectivity index is 1.36. The summed E-state index contributed by atoms with van der Waals surface area (Å²) in [6, 6.07) is 0.706. The molecule has 1 N–H and O–H groups in total. The Morgan fingerprint density at radius 3 is 2.07 bits per heavy atom. The maximum absolute atomic E-state index is 3.86. The predicted molar refractivity (Wildman–Crippen MR) is 122 cm³/mol. The number of piperazine rings is 1. The lowest BCUT2D eigenvalue weighted by Crippen LogP contribution is -2.55. The first-order valence-corrected chi connectivity index (χ1v) is 12.4. The number of nitrogens with zero attached hydrogens (tertiary/aromatic N) is 2. The molecule has 1 aliphatic heterocycles. The van der Waals surface area contributed by atoms with Crippen molar-refractivity contribution in [3.8, 4) is 0 Å². The zero-order valence-electron chi connectivity index (χ0n) is 19.9. The Morgan fingerprint density at radius 1 is 0.929 bits per heavy atom. The summed E-state index contributed by atoms with van der Waals surface area (Å²) < 4.78 is 0. The molecule has 2 saturated carbocycles. The minimum Gasteiger partial charge on any atom is -0.316 e. The van der Waals surface area contributed by atoms with Crippen molar-refractivity contribution in [2.45, 2.75) is 92.5 Å². The fraction of sp³-hybridized carbons (Fsp3) is 1.00. The van der Waals surface area contributed by atoms with Gasteiger partial charge in [-0.2, -0.15) is 0 Å². The molecule has 0 aromatic carbocycles. The van der Waals surface area contributed by atoms with Gasteiger partial charge in [0.15, 0.2) is 0 Å². The van der Waals surface area contributed by atoms with Gasteiger partial charge in [0.05, 0.1) is 0 Å². The number of hydrogen-bond acceptors (Lipinski definition) is 3. The number of rotatable bonds is 11. The van der Waals surface area contributed by atoms with E-state index in [4.69, 9.17) is 0 Å². The van der Waals surface area contributed by atoms with Gasteiger partial charge in [-0.05, 0) is 81.1 Å². The fourth-order valence-corrected chi connectivity index (χ4v) is 6.65. The second kappa shape index (κ2) is 8.94. The van der Waals surface area contributed by atoms with Crippen LogP contribution in [0.15, 0.2) is 0 Å². The summed E-state index contributed by atoms with van der Waals surface area (Å²) in [7, 11) is 0. The zero-order valence-corrected chi connectivity index (χ0v) is 19.9. The monoisotopic (exact) mass is 391 g/mol. The molecule has 3 heteroatoms. The average molecular weight is 392 g/mol. The maximum Gasteiger partial charge on any atom is 0.0113 e. The van der Waals surface area contributed by atoms with E-state index in [1.165, 1.54) is 90.8 Å². The van der Waals surface area contributed by atoms with Crippen LogP contribution in [0.4, 0.5) is 0 Å². The molecular formula is C25H49N3. The molecule has 2 aliphatic carbocycles. The average Bonchev–Trinajstić information content (AvgIpc) is 3.36. The van der Waals surface area contributed by atoms with Crippen molar-refractivity contribution in [1.82, 2.24) is 15.1 Å². The summed E-state index contributed by atoms with van der Waals surface area (Å²) in [5.74, 6) is 0.848. The van der Waals surface area contributed by atoms with Crippen molar-refractivity contribution in [3.05, 3.63) is 0 Å². The molecule has 0 atom stereocenters. The molecule has 1 saturated heterocycles. The normalized spacial score (nSPS) is 33.4. The Labute approximate surface area is 176 Å². The van der Waals surface area contributed by atoms with E-state index in [1.54, 1.807) is 0 Å². The first-order chi connectivity index (χ1) is 13.2. The van der Waals surface area contributed by atoms with Crippen LogP contribution in [0.2, 0.25) is 0 Å². The highest BCUT2D eigenvalue weighted by Gasteiger charge is 2.50. The minimum atomic E-state index is 0.561. The molecule has 3 nitrogen and oxygen atoms in total. The molecule has 0 aromatic heterocycles. The van der Waals surface area contributed by atoms with Crippen LogP contribution in [0.3, 0.4) is 0 Å². The van der Waals surface area contributed by atoms with Crippen LogP contribution in [-0.2, 0) is 0 Å². The second-order valence-electron chi connectivity index (χ2n) is 11.9. The molecule has 0 spiro atoms. The lowest BCUT2D eigenvalue weighted by atomic mass is 9.51. The molecule has 0 aromatic rings. The molecule has 3 rings (SSSR count). The SMILES string of the molecule is CCC1(CCNCC2(CC(C)C)CC2)CC(C)(CN2CCN(C(C)C)CC2)C1. The number of hydrogen-bond donors (Lipinski definition) is 1. The van der Waals surface area contributed by atoms with E-state index in [-0.39, 0.29) is 0 Å². The summed E-state index contributed by atoms with van der Waals surface area (Å²) in [5.41, 5.74) is 1.85. The van der Waals surface area contributed by atoms with Crippen LogP contribution in [0, 0.1) is 22.2 Å². The minimum absolute atomic E-state index is 0.561. The molecule has 3 fully saturated rings. The van der Waals surface area contributed by atoms with Gasteiger partial charge in [0.2, 0.25) is 0 Å². The van der Waals surface area contributed by atoms with Gasteiger partial charge in [-0.15, -0.1) is 0 Å². The molecule has 1 heterocycles. The highest BCUT2D eigenvalue weighted by molar-refractivity contribution is 5.02.